The van der Waals surface area contributed by atoms with E-state index >= 15 is 0 Å². The molecule has 0 aliphatic carbocycles. The Morgan fingerprint density at radius 2 is 1.74 bits per heavy atom. The Kier molecular flexibility index (Phi) is 6.02. The van der Waals surface area contributed by atoms with Crippen LogP contribution in [0.25, 0.3) is 0 Å². The largest absolute Gasteiger partial charge is 0.379 e. The summed E-state index contributed by atoms with van der Waals surface area (Å²) in [4.78, 5) is 0. The summed E-state index contributed by atoms with van der Waals surface area (Å²) >= 11 is 0. The normalized spacial score (nSPS) is 15.3. The van der Waals surface area contributed by atoms with Gasteiger partial charge < -0.3 is 10.1 Å². The quantitative estimate of drug-likeness (QED) is 0.834. The Morgan fingerprint density at radius 3 is 2.16 bits per heavy atom. The van der Waals surface area contributed by atoms with Crippen LogP contribution in [0, 0.1) is 12.3 Å². The minimum atomic E-state index is 0.102. The maximum absolute atomic E-state index is 5.80. The molecule has 0 bridgehead atoms. The van der Waals surface area contributed by atoms with Gasteiger partial charge in [0.1, 0.15) is 0 Å². The van der Waals surface area contributed by atoms with E-state index in [0.29, 0.717) is 0 Å². The molecular formula is C17H29NO. The first-order valence-electron chi connectivity index (χ1n) is 7.23. The Labute approximate surface area is 118 Å². The second-order valence-electron chi connectivity index (χ2n) is 6.36. The number of hydrogen-bond donors (Lipinski definition) is 1. The maximum Gasteiger partial charge on any atom is 0.0814 e. The first-order chi connectivity index (χ1) is 8.90. The van der Waals surface area contributed by atoms with Crippen molar-refractivity contribution in [2.45, 2.75) is 53.2 Å². The van der Waals surface area contributed by atoms with Crippen LogP contribution in [0.1, 0.15) is 51.3 Å². The highest BCUT2D eigenvalue weighted by Gasteiger charge is 2.32. The van der Waals surface area contributed by atoms with E-state index in [1.165, 1.54) is 11.1 Å². The molecule has 0 amide bonds. The SMILES string of the molecule is CCCNC(c1ccc(C)cc1)C(OC)C(C)(C)C. The number of nitrogens with one attached hydrogen (secondary N) is 1. The van der Waals surface area contributed by atoms with Crippen LogP contribution in [0.5, 0.6) is 0 Å². The minimum absolute atomic E-state index is 0.102. The van der Waals surface area contributed by atoms with E-state index in [0.717, 1.165) is 13.0 Å². The minimum Gasteiger partial charge on any atom is -0.379 e. The second-order valence-corrected chi connectivity index (χ2v) is 6.36. The lowest BCUT2D eigenvalue weighted by Gasteiger charge is -2.37. The molecule has 19 heavy (non-hydrogen) atoms. The van der Waals surface area contributed by atoms with Gasteiger partial charge in [0.25, 0.3) is 0 Å². The molecule has 1 aromatic carbocycles. The molecule has 0 fully saturated rings. The summed E-state index contributed by atoms with van der Waals surface area (Å²) in [7, 11) is 1.81. The number of hydrogen-bond acceptors (Lipinski definition) is 2. The highest BCUT2D eigenvalue weighted by Crippen LogP contribution is 2.32. The van der Waals surface area contributed by atoms with Gasteiger partial charge in [0, 0.05) is 7.11 Å². The van der Waals surface area contributed by atoms with Gasteiger partial charge in [-0.15, -0.1) is 0 Å². The molecule has 1 aromatic rings. The van der Waals surface area contributed by atoms with Gasteiger partial charge in [0.2, 0.25) is 0 Å². The van der Waals surface area contributed by atoms with E-state index in [2.05, 4.69) is 64.2 Å². The highest BCUT2D eigenvalue weighted by atomic mass is 16.5. The van der Waals surface area contributed by atoms with Crippen molar-refractivity contribution in [1.82, 2.24) is 5.32 Å². The fraction of sp³-hybridized carbons (Fsp3) is 0.647. The van der Waals surface area contributed by atoms with Crippen molar-refractivity contribution in [2.75, 3.05) is 13.7 Å². The molecule has 0 radical (unpaired) electrons. The van der Waals surface area contributed by atoms with Gasteiger partial charge in [-0.1, -0.05) is 57.5 Å². The summed E-state index contributed by atoms with van der Waals surface area (Å²) in [6.07, 6.45) is 1.28. The fourth-order valence-corrected chi connectivity index (χ4v) is 2.46. The fourth-order valence-electron chi connectivity index (χ4n) is 2.46. The van der Waals surface area contributed by atoms with Gasteiger partial charge in [-0.2, -0.15) is 0 Å². The summed E-state index contributed by atoms with van der Waals surface area (Å²) in [6.45, 7) is 12.0. The van der Waals surface area contributed by atoms with Crippen LogP contribution in [0.15, 0.2) is 24.3 Å². The van der Waals surface area contributed by atoms with Crippen LogP contribution in [0.3, 0.4) is 0 Å². The molecule has 108 valence electrons. The predicted octanol–water partition coefficient (Wildman–Crippen LogP) is 4.10. The zero-order chi connectivity index (χ0) is 14.5. The van der Waals surface area contributed by atoms with E-state index in [-0.39, 0.29) is 17.6 Å². The molecule has 1 rings (SSSR count). The van der Waals surface area contributed by atoms with E-state index in [4.69, 9.17) is 4.74 Å². The van der Waals surface area contributed by atoms with Crippen LogP contribution in [0.2, 0.25) is 0 Å². The Balaban J connectivity index is 3.02. The van der Waals surface area contributed by atoms with Gasteiger partial charge in [0.15, 0.2) is 0 Å². The molecule has 0 aliphatic heterocycles. The third-order valence-electron chi connectivity index (χ3n) is 3.46. The lowest BCUT2D eigenvalue weighted by atomic mass is 9.82. The van der Waals surface area contributed by atoms with E-state index in [1.54, 1.807) is 0 Å². The van der Waals surface area contributed by atoms with Gasteiger partial charge in [-0.05, 0) is 30.9 Å². The number of rotatable bonds is 6. The molecule has 0 saturated heterocycles. The summed E-state index contributed by atoms with van der Waals surface area (Å²) in [6, 6.07) is 9.00. The molecule has 1 N–H and O–H groups in total. The predicted molar refractivity (Wildman–Crippen MR) is 82.5 cm³/mol. The molecule has 2 atom stereocenters. The lowest BCUT2D eigenvalue weighted by molar-refractivity contribution is -0.0119. The molecular weight excluding hydrogens is 234 g/mol. The molecule has 2 nitrogen and oxygen atoms in total. The zero-order valence-electron chi connectivity index (χ0n) is 13.3. The van der Waals surface area contributed by atoms with Crippen LogP contribution in [-0.4, -0.2) is 19.8 Å². The van der Waals surface area contributed by atoms with Crippen LogP contribution in [-0.2, 0) is 4.74 Å². The van der Waals surface area contributed by atoms with Gasteiger partial charge >= 0.3 is 0 Å². The summed E-state index contributed by atoms with van der Waals surface area (Å²) < 4.78 is 5.80. The number of benzene rings is 1. The van der Waals surface area contributed by atoms with E-state index in [1.807, 2.05) is 7.11 Å². The summed E-state index contributed by atoms with van der Waals surface area (Å²) in [5.74, 6) is 0. The molecule has 0 aliphatic rings. The van der Waals surface area contributed by atoms with Crippen molar-refractivity contribution < 1.29 is 4.74 Å². The van der Waals surface area contributed by atoms with Gasteiger partial charge in [0.05, 0.1) is 12.1 Å². The summed E-state index contributed by atoms with van der Waals surface area (Å²) in [5, 5.41) is 3.64. The third kappa shape index (κ3) is 4.63. The summed E-state index contributed by atoms with van der Waals surface area (Å²) in [5.41, 5.74) is 2.70. The molecule has 0 saturated carbocycles. The Bertz CT molecular complexity index is 364. The molecule has 2 heteroatoms. The number of aryl methyl sites for hydroxylation is 1. The molecule has 0 aromatic heterocycles. The molecule has 0 heterocycles. The maximum atomic E-state index is 5.80. The van der Waals surface area contributed by atoms with Crippen LogP contribution < -0.4 is 5.32 Å². The van der Waals surface area contributed by atoms with Crippen molar-refractivity contribution in [3.8, 4) is 0 Å². The van der Waals surface area contributed by atoms with E-state index < -0.39 is 0 Å². The van der Waals surface area contributed by atoms with E-state index in [9.17, 15) is 0 Å². The average Bonchev–Trinajstić information content (AvgIpc) is 2.34. The van der Waals surface area contributed by atoms with Crippen LogP contribution >= 0.6 is 0 Å². The Hall–Kier alpha value is -0.860. The Morgan fingerprint density at radius 1 is 1.16 bits per heavy atom. The monoisotopic (exact) mass is 263 g/mol. The topological polar surface area (TPSA) is 21.3 Å². The third-order valence-corrected chi connectivity index (χ3v) is 3.46. The van der Waals surface area contributed by atoms with Crippen molar-refractivity contribution in [3.63, 3.8) is 0 Å². The van der Waals surface area contributed by atoms with Gasteiger partial charge in [-0.25, -0.2) is 0 Å². The van der Waals surface area contributed by atoms with Crippen LogP contribution in [0.4, 0.5) is 0 Å². The van der Waals surface area contributed by atoms with Gasteiger partial charge in [-0.3, -0.25) is 0 Å². The lowest BCUT2D eigenvalue weighted by Crippen LogP contribution is -2.41. The first-order valence-corrected chi connectivity index (χ1v) is 7.23. The van der Waals surface area contributed by atoms with Crippen molar-refractivity contribution in [3.05, 3.63) is 35.4 Å². The smallest absolute Gasteiger partial charge is 0.0814 e. The average molecular weight is 263 g/mol. The van der Waals surface area contributed by atoms with Crippen molar-refractivity contribution >= 4 is 0 Å². The molecule has 0 spiro atoms. The van der Waals surface area contributed by atoms with Crippen molar-refractivity contribution in [2.24, 2.45) is 5.41 Å². The molecule has 2 unspecified atom stereocenters. The van der Waals surface area contributed by atoms with Crippen molar-refractivity contribution in [1.29, 1.82) is 0 Å². The first kappa shape index (κ1) is 16.2. The second kappa shape index (κ2) is 7.06. The zero-order valence-corrected chi connectivity index (χ0v) is 13.3. The number of methoxy groups -OCH3 is 1. The standard InChI is InChI=1S/C17H29NO/c1-7-12-18-15(16(19-6)17(3,4)5)14-10-8-13(2)9-11-14/h8-11,15-16,18H,7,12H2,1-6H3. The highest BCUT2D eigenvalue weighted by molar-refractivity contribution is 5.25. The number of ether oxygens (including phenoxy) is 1.